The lowest BCUT2D eigenvalue weighted by Gasteiger charge is -2.36. The third kappa shape index (κ3) is 4.07. The van der Waals surface area contributed by atoms with E-state index in [2.05, 4.69) is 4.98 Å². The Morgan fingerprint density at radius 3 is 2.56 bits per heavy atom. The van der Waals surface area contributed by atoms with Crippen LogP contribution in [-0.4, -0.2) is 70.0 Å². The first-order valence-electron chi connectivity index (χ1n) is 8.49. The number of halogens is 2. The number of β-amino-alcohol motifs (C(OH)–C–C–N with tert-alkyl or cyclic N) is 1. The van der Waals surface area contributed by atoms with Crippen molar-refractivity contribution in [3.8, 4) is 0 Å². The summed E-state index contributed by atoms with van der Waals surface area (Å²) in [6.07, 6.45) is -0.0374. The maximum Gasteiger partial charge on any atom is 0.260 e. The van der Waals surface area contributed by atoms with Crippen LogP contribution in [0.2, 0.25) is 0 Å². The van der Waals surface area contributed by atoms with E-state index in [0.717, 1.165) is 0 Å². The van der Waals surface area contributed by atoms with Crippen molar-refractivity contribution in [1.29, 1.82) is 0 Å². The smallest absolute Gasteiger partial charge is 0.260 e. The molecular weight excluding hydrogens is 332 g/mol. The van der Waals surface area contributed by atoms with Crippen LogP contribution in [0.3, 0.4) is 0 Å². The second-order valence-electron chi connectivity index (χ2n) is 7.22. The highest BCUT2D eigenvalue weighted by atomic mass is 19.3. The molecule has 2 fully saturated rings. The highest BCUT2D eigenvalue weighted by Crippen LogP contribution is 2.30. The first kappa shape index (κ1) is 18.0. The molecule has 2 N–H and O–H groups in total. The van der Waals surface area contributed by atoms with Crippen molar-refractivity contribution in [3.63, 3.8) is 0 Å². The number of hydrogen-bond donors (Lipinski definition) is 2. The van der Waals surface area contributed by atoms with Gasteiger partial charge in [0, 0.05) is 44.7 Å². The van der Waals surface area contributed by atoms with Crippen LogP contribution in [0.15, 0.2) is 16.9 Å². The molecule has 3 rings (SSSR count). The van der Waals surface area contributed by atoms with Gasteiger partial charge in [0.1, 0.15) is 5.56 Å². The van der Waals surface area contributed by atoms with E-state index in [9.17, 15) is 23.5 Å². The zero-order valence-corrected chi connectivity index (χ0v) is 14.2. The summed E-state index contributed by atoms with van der Waals surface area (Å²) in [7, 11) is 0. The molecule has 0 radical (unpaired) electrons. The second kappa shape index (κ2) is 6.49. The fourth-order valence-electron chi connectivity index (χ4n) is 3.52. The summed E-state index contributed by atoms with van der Waals surface area (Å²) in [4.78, 5) is 30.3. The van der Waals surface area contributed by atoms with E-state index >= 15 is 0 Å². The van der Waals surface area contributed by atoms with Gasteiger partial charge >= 0.3 is 0 Å². The highest BCUT2D eigenvalue weighted by Gasteiger charge is 2.42. The summed E-state index contributed by atoms with van der Waals surface area (Å²) >= 11 is 0. The summed E-state index contributed by atoms with van der Waals surface area (Å²) in [5.74, 6) is -3.04. The highest BCUT2D eigenvalue weighted by molar-refractivity contribution is 5.94. The molecule has 1 aromatic rings. The molecule has 0 bridgehead atoms. The van der Waals surface area contributed by atoms with Crippen LogP contribution in [0.25, 0.3) is 0 Å². The zero-order valence-electron chi connectivity index (χ0n) is 14.2. The minimum absolute atomic E-state index is 0.0486. The number of aromatic nitrogens is 1. The van der Waals surface area contributed by atoms with E-state index in [1.807, 2.05) is 4.90 Å². The molecular formula is C17H23F2N3O3. The Labute approximate surface area is 144 Å². The number of rotatable bonds is 3. The molecule has 1 atom stereocenters. The Kier molecular flexibility index (Phi) is 4.68. The lowest BCUT2D eigenvalue weighted by molar-refractivity contribution is -0.0720. The Morgan fingerprint density at radius 1 is 1.24 bits per heavy atom. The molecule has 2 saturated heterocycles. The minimum Gasteiger partial charge on any atom is -0.387 e. The molecule has 1 amide bonds. The fourth-order valence-corrected chi connectivity index (χ4v) is 3.52. The van der Waals surface area contributed by atoms with Crippen molar-refractivity contribution in [2.24, 2.45) is 0 Å². The second-order valence-corrected chi connectivity index (χ2v) is 7.22. The van der Waals surface area contributed by atoms with Gasteiger partial charge in [-0.3, -0.25) is 14.5 Å². The SMILES string of the molecule is Cc1ccc(C(=O)N2CC[C@](O)(CN3CCC(F)(F)CC3)C2)c(=O)[nH]1. The molecule has 25 heavy (non-hydrogen) atoms. The fraction of sp³-hybridized carbons (Fsp3) is 0.647. The zero-order chi connectivity index (χ0) is 18.2. The number of aliphatic hydroxyl groups is 1. The largest absolute Gasteiger partial charge is 0.387 e. The monoisotopic (exact) mass is 355 g/mol. The molecule has 0 aromatic carbocycles. The number of carbonyl (C=O) groups excluding carboxylic acids is 1. The topological polar surface area (TPSA) is 76.6 Å². The van der Waals surface area contributed by atoms with E-state index in [-0.39, 0.29) is 44.6 Å². The number of H-pyrrole nitrogens is 1. The quantitative estimate of drug-likeness (QED) is 0.848. The first-order valence-corrected chi connectivity index (χ1v) is 8.49. The van der Waals surface area contributed by atoms with E-state index in [4.69, 9.17) is 0 Å². The van der Waals surface area contributed by atoms with Crippen LogP contribution >= 0.6 is 0 Å². The van der Waals surface area contributed by atoms with Crippen molar-refractivity contribution in [2.45, 2.75) is 37.7 Å². The van der Waals surface area contributed by atoms with Gasteiger partial charge < -0.3 is 15.0 Å². The van der Waals surface area contributed by atoms with E-state index in [0.29, 0.717) is 18.7 Å². The van der Waals surface area contributed by atoms with Gasteiger partial charge in [-0.15, -0.1) is 0 Å². The van der Waals surface area contributed by atoms with Crippen molar-refractivity contribution in [3.05, 3.63) is 33.7 Å². The predicted molar refractivity (Wildman–Crippen MR) is 87.9 cm³/mol. The van der Waals surface area contributed by atoms with Gasteiger partial charge in [-0.05, 0) is 25.5 Å². The number of pyridine rings is 1. The standard InChI is InChI=1S/C17H23F2N3O3/c1-12-2-3-13(14(23)20-12)15(24)22-9-4-16(25,11-22)10-21-7-5-17(18,19)6-8-21/h2-3,25H,4-11H2,1H3,(H,20,23)/t16-/m0/s1. The van der Waals surface area contributed by atoms with Crippen LogP contribution in [0.1, 0.15) is 35.3 Å². The van der Waals surface area contributed by atoms with Gasteiger partial charge in [0.25, 0.3) is 17.4 Å². The molecule has 8 heteroatoms. The number of carbonyl (C=O) groups is 1. The van der Waals surface area contributed by atoms with E-state index in [1.165, 1.54) is 11.0 Å². The Morgan fingerprint density at radius 2 is 1.92 bits per heavy atom. The summed E-state index contributed by atoms with van der Waals surface area (Å²) in [6, 6.07) is 3.14. The molecule has 3 heterocycles. The molecule has 0 aliphatic carbocycles. The Hall–Kier alpha value is -1.80. The van der Waals surface area contributed by atoms with Crippen LogP contribution in [0.4, 0.5) is 8.78 Å². The van der Waals surface area contributed by atoms with Gasteiger partial charge in [-0.2, -0.15) is 0 Å². The molecule has 0 spiro atoms. The molecule has 2 aliphatic heterocycles. The Balaban J connectivity index is 1.62. The van der Waals surface area contributed by atoms with Gasteiger partial charge in [0.05, 0.1) is 12.1 Å². The van der Waals surface area contributed by atoms with Crippen LogP contribution in [-0.2, 0) is 0 Å². The van der Waals surface area contributed by atoms with Crippen LogP contribution < -0.4 is 5.56 Å². The van der Waals surface area contributed by atoms with E-state index in [1.54, 1.807) is 13.0 Å². The summed E-state index contributed by atoms with van der Waals surface area (Å²) in [5.41, 5.74) is -0.854. The maximum absolute atomic E-state index is 13.2. The number of likely N-dealkylation sites (tertiary alicyclic amines) is 2. The van der Waals surface area contributed by atoms with Crippen LogP contribution in [0.5, 0.6) is 0 Å². The lowest BCUT2D eigenvalue weighted by Crippen LogP contribution is -2.49. The van der Waals surface area contributed by atoms with Crippen LogP contribution in [0, 0.1) is 6.92 Å². The third-order valence-corrected chi connectivity index (χ3v) is 5.01. The molecule has 138 valence electrons. The summed E-state index contributed by atoms with van der Waals surface area (Å²) < 4.78 is 26.5. The number of nitrogens with zero attached hydrogens (tertiary/aromatic N) is 2. The number of amides is 1. The summed E-state index contributed by atoms with van der Waals surface area (Å²) in [6.45, 7) is 2.91. The van der Waals surface area contributed by atoms with Gasteiger partial charge in [0.15, 0.2) is 0 Å². The van der Waals surface area contributed by atoms with Gasteiger partial charge in [0.2, 0.25) is 0 Å². The van der Waals surface area contributed by atoms with Crippen molar-refractivity contribution < 1.29 is 18.7 Å². The number of piperidine rings is 1. The average Bonchev–Trinajstić information content (AvgIpc) is 2.91. The average molecular weight is 355 g/mol. The normalized spacial score (nSPS) is 26.8. The minimum atomic E-state index is -2.62. The van der Waals surface area contributed by atoms with Crippen molar-refractivity contribution >= 4 is 5.91 Å². The number of nitrogens with one attached hydrogen (secondary N) is 1. The molecule has 1 aromatic heterocycles. The number of aromatic amines is 1. The predicted octanol–water partition coefficient (Wildman–Crippen LogP) is 0.991. The maximum atomic E-state index is 13.2. The lowest BCUT2D eigenvalue weighted by atomic mass is 10.00. The summed E-state index contributed by atoms with van der Waals surface area (Å²) in [5, 5.41) is 10.7. The number of hydrogen-bond acceptors (Lipinski definition) is 4. The van der Waals surface area contributed by atoms with Gasteiger partial charge in [-0.1, -0.05) is 0 Å². The number of aryl methyl sites for hydroxylation is 1. The van der Waals surface area contributed by atoms with Crippen molar-refractivity contribution in [1.82, 2.24) is 14.8 Å². The molecule has 0 saturated carbocycles. The van der Waals surface area contributed by atoms with Crippen molar-refractivity contribution in [2.75, 3.05) is 32.7 Å². The first-order chi connectivity index (χ1) is 11.7. The Bertz CT molecular complexity index is 711. The third-order valence-electron chi connectivity index (χ3n) is 5.01. The number of alkyl halides is 2. The molecule has 2 aliphatic rings. The van der Waals surface area contributed by atoms with Gasteiger partial charge in [-0.25, -0.2) is 8.78 Å². The van der Waals surface area contributed by atoms with E-state index < -0.39 is 23.0 Å². The molecule has 6 nitrogen and oxygen atoms in total. The molecule has 0 unspecified atom stereocenters.